The number of amides is 2. The lowest BCUT2D eigenvalue weighted by atomic mass is 9.89. The predicted octanol–water partition coefficient (Wildman–Crippen LogP) is 0.986. The molecule has 0 bridgehead atoms. The van der Waals surface area contributed by atoms with Crippen molar-refractivity contribution in [2.45, 2.75) is 46.3 Å². The monoisotopic (exact) mass is 286 g/mol. The molecule has 20 heavy (non-hydrogen) atoms. The van der Waals surface area contributed by atoms with Crippen molar-refractivity contribution in [2.75, 3.05) is 20.2 Å². The van der Waals surface area contributed by atoms with E-state index in [0.717, 1.165) is 0 Å². The van der Waals surface area contributed by atoms with Crippen LogP contribution in [0.15, 0.2) is 0 Å². The van der Waals surface area contributed by atoms with Crippen molar-refractivity contribution in [1.82, 2.24) is 10.2 Å². The molecule has 0 saturated carbocycles. The van der Waals surface area contributed by atoms with Gasteiger partial charge in [-0.1, -0.05) is 20.8 Å². The Labute approximate surface area is 120 Å². The fourth-order valence-corrected chi connectivity index (χ4v) is 2.27. The molecule has 6 nitrogen and oxygen atoms in total. The third-order valence-corrected chi connectivity index (χ3v) is 3.61. The average Bonchev–Trinajstić information content (AvgIpc) is 2.36. The van der Waals surface area contributed by atoms with Crippen LogP contribution >= 0.6 is 0 Å². The van der Waals surface area contributed by atoms with Crippen molar-refractivity contribution >= 4 is 12.0 Å². The van der Waals surface area contributed by atoms with Crippen LogP contribution in [0, 0.1) is 11.3 Å². The second-order valence-corrected chi connectivity index (χ2v) is 6.53. The quantitative estimate of drug-likeness (QED) is 0.793. The number of aliphatic hydroxyl groups is 1. The highest BCUT2D eigenvalue weighted by atomic mass is 16.5. The molecular weight excluding hydrogens is 260 g/mol. The number of hydrogen-bond donors (Lipinski definition) is 2. The number of nitrogens with one attached hydrogen (secondary N) is 1. The van der Waals surface area contributed by atoms with Crippen LogP contribution in [0.4, 0.5) is 4.79 Å². The van der Waals surface area contributed by atoms with Gasteiger partial charge in [-0.05, 0) is 13.3 Å². The van der Waals surface area contributed by atoms with Crippen LogP contribution in [-0.4, -0.2) is 54.4 Å². The van der Waals surface area contributed by atoms with E-state index in [1.807, 2.05) is 20.8 Å². The SMILES string of the molecule is COC(=O)N1CC(NC(=O)C(C)(C)C)CC(C(C)O)C1. The van der Waals surface area contributed by atoms with Gasteiger partial charge in [0.2, 0.25) is 5.91 Å². The molecule has 2 amide bonds. The maximum atomic E-state index is 12.0. The number of piperidine rings is 1. The predicted molar refractivity (Wildman–Crippen MR) is 75.2 cm³/mol. The van der Waals surface area contributed by atoms with Crippen LogP contribution in [0.1, 0.15) is 34.1 Å². The molecule has 3 unspecified atom stereocenters. The topological polar surface area (TPSA) is 78.9 Å². The fraction of sp³-hybridized carbons (Fsp3) is 0.857. The van der Waals surface area contributed by atoms with Gasteiger partial charge in [0.05, 0.1) is 13.2 Å². The standard InChI is InChI=1S/C14H26N2O4/c1-9(17)10-6-11(15-12(18)14(2,3)4)8-16(7-10)13(19)20-5/h9-11,17H,6-8H2,1-5H3,(H,15,18). The Balaban J connectivity index is 2.75. The molecule has 3 atom stereocenters. The van der Waals surface area contributed by atoms with Gasteiger partial charge >= 0.3 is 6.09 Å². The lowest BCUT2D eigenvalue weighted by Crippen LogP contribution is -2.55. The minimum absolute atomic E-state index is 0.0569. The molecule has 1 saturated heterocycles. The van der Waals surface area contributed by atoms with E-state index < -0.39 is 17.6 Å². The molecule has 0 aromatic carbocycles. The number of methoxy groups -OCH3 is 1. The van der Waals surface area contributed by atoms with Crippen LogP contribution in [0.3, 0.4) is 0 Å². The molecule has 1 aliphatic rings. The van der Waals surface area contributed by atoms with Crippen molar-refractivity contribution in [3.05, 3.63) is 0 Å². The molecular formula is C14H26N2O4. The fourth-order valence-electron chi connectivity index (χ4n) is 2.27. The van der Waals surface area contributed by atoms with Crippen LogP contribution in [-0.2, 0) is 9.53 Å². The number of carbonyl (C=O) groups is 2. The number of likely N-dealkylation sites (tertiary alicyclic amines) is 1. The first-order chi connectivity index (χ1) is 9.15. The first kappa shape index (κ1) is 16.8. The smallest absolute Gasteiger partial charge is 0.409 e. The molecule has 0 aliphatic carbocycles. The summed E-state index contributed by atoms with van der Waals surface area (Å²) < 4.78 is 4.73. The number of nitrogens with zero attached hydrogens (tertiary/aromatic N) is 1. The van der Waals surface area contributed by atoms with Gasteiger partial charge in [0.1, 0.15) is 0 Å². The molecule has 1 aliphatic heterocycles. The van der Waals surface area contributed by atoms with Gasteiger partial charge in [-0.2, -0.15) is 0 Å². The summed E-state index contributed by atoms with van der Waals surface area (Å²) >= 11 is 0. The van der Waals surface area contributed by atoms with E-state index in [4.69, 9.17) is 4.74 Å². The second-order valence-electron chi connectivity index (χ2n) is 6.53. The van der Waals surface area contributed by atoms with E-state index in [1.54, 1.807) is 6.92 Å². The Morgan fingerprint density at radius 1 is 1.35 bits per heavy atom. The van der Waals surface area contributed by atoms with Crippen LogP contribution in [0.2, 0.25) is 0 Å². The molecule has 1 fully saturated rings. The zero-order valence-corrected chi connectivity index (χ0v) is 13.0. The van der Waals surface area contributed by atoms with Crippen LogP contribution < -0.4 is 5.32 Å². The summed E-state index contributed by atoms with van der Waals surface area (Å²) in [5.41, 5.74) is -0.478. The normalized spacial score (nSPS) is 25.0. The number of hydrogen-bond acceptors (Lipinski definition) is 4. The van der Waals surface area contributed by atoms with Crippen molar-refractivity contribution in [2.24, 2.45) is 11.3 Å². The van der Waals surface area contributed by atoms with Gasteiger partial charge in [0.25, 0.3) is 0 Å². The minimum Gasteiger partial charge on any atom is -0.453 e. The highest BCUT2D eigenvalue weighted by molar-refractivity contribution is 5.81. The van der Waals surface area contributed by atoms with E-state index in [9.17, 15) is 14.7 Å². The van der Waals surface area contributed by atoms with E-state index in [2.05, 4.69) is 5.32 Å². The van der Waals surface area contributed by atoms with Crippen LogP contribution in [0.5, 0.6) is 0 Å². The van der Waals surface area contributed by atoms with Gasteiger partial charge in [-0.3, -0.25) is 4.79 Å². The van der Waals surface area contributed by atoms with Crippen molar-refractivity contribution < 1.29 is 19.4 Å². The van der Waals surface area contributed by atoms with Crippen molar-refractivity contribution in [1.29, 1.82) is 0 Å². The Morgan fingerprint density at radius 2 is 1.95 bits per heavy atom. The number of aliphatic hydroxyl groups excluding tert-OH is 1. The number of rotatable bonds is 2. The Morgan fingerprint density at radius 3 is 2.40 bits per heavy atom. The molecule has 0 aromatic heterocycles. The van der Waals surface area contributed by atoms with Gasteiger partial charge in [0.15, 0.2) is 0 Å². The molecule has 0 aromatic rings. The molecule has 0 spiro atoms. The highest BCUT2D eigenvalue weighted by Crippen LogP contribution is 2.22. The Hall–Kier alpha value is -1.30. The summed E-state index contributed by atoms with van der Waals surface area (Å²) in [7, 11) is 1.33. The highest BCUT2D eigenvalue weighted by Gasteiger charge is 2.34. The Bertz CT molecular complexity index is 363. The molecule has 116 valence electrons. The molecule has 2 N–H and O–H groups in total. The molecule has 1 rings (SSSR count). The average molecular weight is 286 g/mol. The van der Waals surface area contributed by atoms with Gasteiger partial charge in [-0.25, -0.2) is 4.79 Å². The van der Waals surface area contributed by atoms with Gasteiger partial charge in [0, 0.05) is 30.5 Å². The van der Waals surface area contributed by atoms with E-state index in [0.29, 0.717) is 19.5 Å². The summed E-state index contributed by atoms with van der Waals surface area (Å²) in [5.74, 6) is -0.119. The summed E-state index contributed by atoms with van der Waals surface area (Å²) in [4.78, 5) is 25.3. The summed E-state index contributed by atoms with van der Waals surface area (Å²) in [6, 6.07) is -0.158. The van der Waals surface area contributed by atoms with Crippen molar-refractivity contribution in [3.8, 4) is 0 Å². The first-order valence-electron chi connectivity index (χ1n) is 6.97. The number of ether oxygens (including phenoxy) is 1. The maximum Gasteiger partial charge on any atom is 0.409 e. The van der Waals surface area contributed by atoms with Crippen LogP contribution in [0.25, 0.3) is 0 Å². The zero-order valence-electron chi connectivity index (χ0n) is 13.0. The lowest BCUT2D eigenvalue weighted by Gasteiger charge is -2.39. The first-order valence-corrected chi connectivity index (χ1v) is 6.97. The Kier molecular flexibility index (Phi) is 5.39. The molecule has 6 heteroatoms. The third-order valence-electron chi connectivity index (χ3n) is 3.61. The molecule has 0 radical (unpaired) electrons. The maximum absolute atomic E-state index is 12.0. The van der Waals surface area contributed by atoms with E-state index in [-0.39, 0.29) is 17.9 Å². The summed E-state index contributed by atoms with van der Waals surface area (Å²) in [6.45, 7) is 8.10. The zero-order chi connectivity index (χ0) is 15.5. The second kappa shape index (κ2) is 6.43. The summed E-state index contributed by atoms with van der Waals surface area (Å²) in [5, 5.41) is 12.7. The lowest BCUT2D eigenvalue weighted by molar-refractivity contribution is -0.130. The largest absolute Gasteiger partial charge is 0.453 e. The van der Waals surface area contributed by atoms with Gasteiger partial charge < -0.3 is 20.1 Å². The summed E-state index contributed by atoms with van der Waals surface area (Å²) in [6.07, 6.45) is -0.297. The molecule has 1 heterocycles. The van der Waals surface area contributed by atoms with E-state index in [1.165, 1.54) is 12.0 Å². The third kappa shape index (κ3) is 4.37. The van der Waals surface area contributed by atoms with Crippen molar-refractivity contribution in [3.63, 3.8) is 0 Å². The van der Waals surface area contributed by atoms with E-state index >= 15 is 0 Å². The number of carbonyl (C=O) groups excluding carboxylic acids is 2. The van der Waals surface area contributed by atoms with Gasteiger partial charge in [-0.15, -0.1) is 0 Å². The minimum atomic E-state index is -0.531.